The highest BCUT2D eigenvalue weighted by atomic mass is 35.5. The lowest BCUT2D eigenvalue weighted by Gasteiger charge is -2.13. The maximum absolute atomic E-state index is 12.0. The van der Waals surface area contributed by atoms with Gasteiger partial charge in [0.2, 0.25) is 0 Å². The second-order valence-corrected chi connectivity index (χ2v) is 3.55. The van der Waals surface area contributed by atoms with Crippen LogP contribution in [0.2, 0.25) is 5.02 Å². The van der Waals surface area contributed by atoms with Gasteiger partial charge in [0.05, 0.1) is 10.6 Å². The maximum atomic E-state index is 12.0. The Labute approximate surface area is 95.0 Å². The monoisotopic (exact) mass is 252 g/mol. The van der Waals surface area contributed by atoms with E-state index in [1.807, 2.05) is 0 Å². The van der Waals surface area contributed by atoms with Crippen LogP contribution in [0.15, 0.2) is 12.1 Å². The number of ether oxygens (including phenoxy) is 1. The fourth-order valence-corrected chi connectivity index (χ4v) is 1.49. The topological polar surface area (TPSA) is 26.3 Å². The molecule has 0 aromatic heterocycles. The Hall–Kier alpha value is -1.23. The summed E-state index contributed by atoms with van der Waals surface area (Å²) in [6, 6.07) is 2.43. The van der Waals surface area contributed by atoms with E-state index in [0.717, 1.165) is 13.0 Å². The van der Waals surface area contributed by atoms with Crippen LogP contribution in [0.1, 0.15) is 22.8 Å². The number of ketones is 1. The molecule has 1 aromatic rings. The molecule has 0 amide bonds. The van der Waals surface area contributed by atoms with Gasteiger partial charge in [0, 0.05) is 0 Å². The zero-order valence-electron chi connectivity index (χ0n) is 8.48. The second kappa shape index (κ2) is 4.33. The molecule has 0 aliphatic heterocycles. The summed E-state index contributed by atoms with van der Waals surface area (Å²) in [7, 11) is 0. The summed E-state index contributed by atoms with van der Waals surface area (Å²) in [6.07, 6.45) is -4.84. The standard InChI is InChI=1S/C10H8ClF3O2/c1-5-3-4-7(16-10(12,13)14)8(6(2)15)9(5)11/h3-4H,1-2H3. The molecule has 0 bridgehead atoms. The summed E-state index contributed by atoms with van der Waals surface area (Å²) >= 11 is 5.75. The van der Waals surface area contributed by atoms with E-state index in [-0.39, 0.29) is 10.6 Å². The van der Waals surface area contributed by atoms with Gasteiger partial charge in [-0.15, -0.1) is 13.2 Å². The molecule has 88 valence electrons. The number of rotatable bonds is 2. The quantitative estimate of drug-likeness (QED) is 0.750. The van der Waals surface area contributed by atoms with Crippen molar-refractivity contribution in [3.63, 3.8) is 0 Å². The van der Waals surface area contributed by atoms with Crippen LogP contribution in [0.4, 0.5) is 13.2 Å². The summed E-state index contributed by atoms with van der Waals surface area (Å²) in [5.74, 6) is -1.15. The van der Waals surface area contributed by atoms with Gasteiger partial charge in [0.15, 0.2) is 5.78 Å². The average molecular weight is 253 g/mol. The van der Waals surface area contributed by atoms with Gasteiger partial charge in [-0.05, 0) is 25.5 Å². The van der Waals surface area contributed by atoms with E-state index in [4.69, 9.17) is 11.6 Å². The van der Waals surface area contributed by atoms with E-state index in [0.29, 0.717) is 5.56 Å². The number of carbonyl (C=O) groups is 1. The molecule has 0 spiro atoms. The van der Waals surface area contributed by atoms with Gasteiger partial charge in [-0.3, -0.25) is 4.79 Å². The van der Waals surface area contributed by atoms with Gasteiger partial charge in [-0.2, -0.15) is 0 Å². The van der Waals surface area contributed by atoms with Crippen LogP contribution in [0.5, 0.6) is 5.75 Å². The van der Waals surface area contributed by atoms with E-state index >= 15 is 0 Å². The molecule has 2 nitrogen and oxygen atoms in total. The number of benzene rings is 1. The summed E-state index contributed by atoms with van der Waals surface area (Å²) in [6.45, 7) is 2.72. The first-order chi connectivity index (χ1) is 7.22. The van der Waals surface area contributed by atoms with Gasteiger partial charge >= 0.3 is 6.36 Å². The third-order valence-electron chi connectivity index (χ3n) is 1.87. The fraction of sp³-hybridized carbons (Fsp3) is 0.300. The lowest BCUT2D eigenvalue weighted by atomic mass is 10.1. The largest absolute Gasteiger partial charge is 0.573 e. The Morgan fingerprint density at radius 3 is 2.38 bits per heavy atom. The number of aryl methyl sites for hydroxylation is 1. The number of carbonyl (C=O) groups excluding carboxylic acids is 1. The Bertz CT molecular complexity index is 427. The summed E-state index contributed by atoms with van der Waals surface area (Å²) in [5.41, 5.74) is 0.264. The first-order valence-corrected chi connectivity index (χ1v) is 4.66. The van der Waals surface area contributed by atoms with Crippen LogP contribution >= 0.6 is 11.6 Å². The van der Waals surface area contributed by atoms with E-state index < -0.39 is 17.9 Å². The van der Waals surface area contributed by atoms with E-state index in [9.17, 15) is 18.0 Å². The summed E-state index contributed by atoms with van der Waals surface area (Å²) in [5, 5.41) is -0.0192. The zero-order valence-corrected chi connectivity index (χ0v) is 9.24. The predicted octanol–water partition coefficient (Wildman–Crippen LogP) is 3.75. The van der Waals surface area contributed by atoms with Gasteiger partial charge in [-0.1, -0.05) is 17.7 Å². The molecule has 0 unspecified atom stereocenters. The molecule has 0 fully saturated rings. The van der Waals surface area contributed by atoms with Crippen molar-refractivity contribution in [1.29, 1.82) is 0 Å². The highest BCUT2D eigenvalue weighted by molar-refractivity contribution is 6.35. The molecular weight excluding hydrogens is 245 g/mol. The van der Waals surface area contributed by atoms with Gasteiger partial charge in [0.1, 0.15) is 5.75 Å². The first kappa shape index (κ1) is 12.8. The van der Waals surface area contributed by atoms with Crippen molar-refractivity contribution in [3.05, 3.63) is 28.3 Å². The number of hydrogen-bond donors (Lipinski definition) is 0. The predicted molar refractivity (Wildman–Crippen MR) is 52.9 cm³/mol. The second-order valence-electron chi connectivity index (χ2n) is 3.17. The molecule has 0 aliphatic carbocycles. The van der Waals surface area contributed by atoms with Crippen molar-refractivity contribution in [2.45, 2.75) is 20.2 Å². The third-order valence-corrected chi connectivity index (χ3v) is 2.36. The molecule has 0 saturated heterocycles. The van der Waals surface area contributed by atoms with Crippen molar-refractivity contribution >= 4 is 17.4 Å². The van der Waals surface area contributed by atoms with Crippen molar-refractivity contribution in [1.82, 2.24) is 0 Å². The van der Waals surface area contributed by atoms with Crippen molar-refractivity contribution in [2.75, 3.05) is 0 Å². The first-order valence-electron chi connectivity index (χ1n) is 4.28. The molecule has 0 atom stereocenters. The molecule has 16 heavy (non-hydrogen) atoms. The zero-order chi connectivity index (χ0) is 12.5. The minimum Gasteiger partial charge on any atom is -0.405 e. The number of Topliss-reactive ketones (excluding diaryl/α,β-unsaturated/α-hetero) is 1. The van der Waals surface area contributed by atoms with Gasteiger partial charge in [0.25, 0.3) is 0 Å². The molecule has 6 heteroatoms. The highest BCUT2D eigenvalue weighted by Crippen LogP contribution is 2.33. The molecule has 0 radical (unpaired) electrons. The van der Waals surface area contributed by atoms with Crippen LogP contribution in [0.3, 0.4) is 0 Å². The van der Waals surface area contributed by atoms with Gasteiger partial charge < -0.3 is 4.74 Å². The Morgan fingerprint density at radius 1 is 1.38 bits per heavy atom. The Kier molecular flexibility index (Phi) is 3.48. The van der Waals surface area contributed by atoms with E-state index in [1.165, 1.54) is 6.07 Å². The average Bonchev–Trinajstić information content (AvgIpc) is 2.08. The molecule has 1 rings (SSSR count). The highest BCUT2D eigenvalue weighted by Gasteiger charge is 2.33. The molecule has 1 aromatic carbocycles. The maximum Gasteiger partial charge on any atom is 0.573 e. The van der Waals surface area contributed by atoms with Crippen LogP contribution in [0, 0.1) is 6.92 Å². The summed E-state index contributed by atoms with van der Waals surface area (Å²) < 4.78 is 39.8. The van der Waals surface area contributed by atoms with Gasteiger partial charge in [-0.25, -0.2) is 0 Å². The molecule has 0 N–H and O–H groups in total. The van der Waals surface area contributed by atoms with Crippen molar-refractivity contribution in [2.24, 2.45) is 0 Å². The fourth-order valence-electron chi connectivity index (χ4n) is 1.20. The lowest BCUT2D eigenvalue weighted by Crippen LogP contribution is -2.19. The molecule has 0 heterocycles. The molecule has 0 aliphatic rings. The summed E-state index contributed by atoms with van der Waals surface area (Å²) in [4.78, 5) is 11.2. The number of alkyl halides is 3. The van der Waals surface area contributed by atoms with Crippen LogP contribution in [0.25, 0.3) is 0 Å². The SMILES string of the molecule is CC(=O)c1c(OC(F)(F)F)ccc(C)c1Cl. The van der Waals surface area contributed by atoms with Crippen LogP contribution in [-0.4, -0.2) is 12.1 Å². The third kappa shape index (κ3) is 2.88. The number of hydrogen-bond acceptors (Lipinski definition) is 2. The van der Waals surface area contributed by atoms with Crippen molar-refractivity contribution < 1.29 is 22.7 Å². The van der Waals surface area contributed by atoms with Crippen LogP contribution in [-0.2, 0) is 0 Å². The molecule has 0 saturated carbocycles. The van der Waals surface area contributed by atoms with E-state index in [2.05, 4.69) is 4.74 Å². The number of halogens is 4. The Balaban J connectivity index is 3.29. The minimum absolute atomic E-state index is 0.0192. The van der Waals surface area contributed by atoms with Crippen molar-refractivity contribution in [3.8, 4) is 5.75 Å². The normalized spacial score (nSPS) is 11.4. The Morgan fingerprint density at radius 2 is 1.94 bits per heavy atom. The molecular formula is C10H8ClF3O2. The minimum atomic E-state index is -4.84. The lowest BCUT2D eigenvalue weighted by molar-refractivity contribution is -0.274. The smallest absolute Gasteiger partial charge is 0.405 e. The van der Waals surface area contributed by atoms with Crippen LogP contribution < -0.4 is 4.74 Å². The van der Waals surface area contributed by atoms with E-state index in [1.54, 1.807) is 6.92 Å².